The van der Waals surface area contributed by atoms with Gasteiger partial charge in [-0.3, -0.25) is 14.4 Å². The summed E-state index contributed by atoms with van der Waals surface area (Å²) in [6.07, 6.45) is 3.46. The summed E-state index contributed by atoms with van der Waals surface area (Å²) in [5.41, 5.74) is 1.16. The van der Waals surface area contributed by atoms with Crippen molar-refractivity contribution in [2.45, 2.75) is 45.1 Å². The number of aryl methyl sites for hydroxylation is 1. The van der Waals surface area contributed by atoms with Crippen LogP contribution in [-0.4, -0.2) is 48.3 Å². The first kappa shape index (κ1) is 23.0. The van der Waals surface area contributed by atoms with Crippen molar-refractivity contribution in [3.63, 3.8) is 0 Å². The number of thiophene rings is 1. The Morgan fingerprint density at radius 1 is 1.10 bits per heavy atom. The van der Waals surface area contributed by atoms with E-state index >= 15 is 0 Å². The molecule has 3 rings (SSSR count). The van der Waals surface area contributed by atoms with E-state index in [1.807, 2.05) is 53.6 Å². The van der Waals surface area contributed by atoms with Crippen molar-refractivity contribution in [1.82, 2.24) is 15.5 Å². The molecule has 2 heterocycles. The molecule has 1 aromatic carbocycles. The van der Waals surface area contributed by atoms with Crippen molar-refractivity contribution >= 4 is 29.1 Å². The van der Waals surface area contributed by atoms with Crippen LogP contribution < -0.4 is 10.6 Å². The first-order chi connectivity index (χ1) is 15.1. The van der Waals surface area contributed by atoms with Gasteiger partial charge in [0.05, 0.1) is 4.88 Å². The Bertz CT molecular complexity index is 846. The summed E-state index contributed by atoms with van der Waals surface area (Å²) in [5.74, 6) is -0.190. The van der Waals surface area contributed by atoms with Crippen molar-refractivity contribution in [1.29, 1.82) is 0 Å². The highest BCUT2D eigenvalue weighted by molar-refractivity contribution is 7.12. The monoisotopic (exact) mass is 441 g/mol. The van der Waals surface area contributed by atoms with Crippen LogP contribution >= 0.6 is 11.3 Å². The maximum absolute atomic E-state index is 12.8. The third-order valence-electron chi connectivity index (χ3n) is 5.70. The Labute approximate surface area is 188 Å². The lowest BCUT2D eigenvalue weighted by Gasteiger charge is -2.36. The molecule has 6 nitrogen and oxygen atoms in total. The minimum absolute atomic E-state index is 0.0129. The topological polar surface area (TPSA) is 78.5 Å². The van der Waals surface area contributed by atoms with Crippen LogP contribution in [-0.2, 0) is 16.0 Å². The molecule has 2 aromatic rings. The van der Waals surface area contributed by atoms with Gasteiger partial charge < -0.3 is 15.5 Å². The van der Waals surface area contributed by atoms with Crippen LogP contribution in [0.5, 0.6) is 0 Å². The normalized spacial score (nSPS) is 15.3. The summed E-state index contributed by atoms with van der Waals surface area (Å²) < 4.78 is 0. The zero-order valence-electron chi connectivity index (χ0n) is 18.0. The number of likely N-dealkylation sites (tertiary alicyclic amines) is 1. The Kier molecular flexibility index (Phi) is 8.64. The summed E-state index contributed by atoms with van der Waals surface area (Å²) >= 11 is 1.36. The largest absolute Gasteiger partial charge is 0.354 e. The predicted octanol–water partition coefficient (Wildman–Crippen LogP) is 3.24. The van der Waals surface area contributed by atoms with E-state index in [1.54, 1.807) is 6.07 Å². The maximum Gasteiger partial charge on any atom is 0.262 e. The molecule has 1 aromatic heterocycles. The molecule has 0 radical (unpaired) electrons. The quantitative estimate of drug-likeness (QED) is 0.627. The van der Waals surface area contributed by atoms with E-state index in [9.17, 15) is 14.4 Å². The standard InChI is InChI=1S/C24H31N3O3S/c1-2-14-25-24(30)22(26-23(29)20-9-6-17-31-20)19-12-15-27(16-13-19)21(28)11-10-18-7-4-3-5-8-18/h3-9,17,19,22H,2,10-16H2,1H3,(H,25,30)(H,26,29)/t22-/m1/s1. The van der Waals surface area contributed by atoms with Gasteiger partial charge in [0.1, 0.15) is 6.04 Å². The third kappa shape index (κ3) is 6.66. The molecular formula is C24H31N3O3S. The second-order valence-electron chi connectivity index (χ2n) is 7.92. The molecule has 1 aliphatic rings. The van der Waals surface area contributed by atoms with E-state index in [-0.39, 0.29) is 23.6 Å². The number of carbonyl (C=O) groups is 3. The number of hydrogen-bond acceptors (Lipinski definition) is 4. The fourth-order valence-corrected chi connectivity index (χ4v) is 4.54. The number of nitrogens with zero attached hydrogens (tertiary/aromatic N) is 1. The van der Waals surface area contributed by atoms with Gasteiger partial charge in [0.25, 0.3) is 5.91 Å². The van der Waals surface area contributed by atoms with Crippen molar-refractivity contribution < 1.29 is 14.4 Å². The Morgan fingerprint density at radius 3 is 2.48 bits per heavy atom. The lowest BCUT2D eigenvalue weighted by atomic mass is 9.88. The molecule has 1 saturated heterocycles. The summed E-state index contributed by atoms with van der Waals surface area (Å²) in [6.45, 7) is 3.82. The lowest BCUT2D eigenvalue weighted by Crippen LogP contribution is -2.53. The van der Waals surface area contributed by atoms with E-state index < -0.39 is 6.04 Å². The van der Waals surface area contributed by atoms with Crippen LogP contribution in [0.2, 0.25) is 0 Å². The predicted molar refractivity (Wildman–Crippen MR) is 123 cm³/mol. The highest BCUT2D eigenvalue weighted by Gasteiger charge is 2.33. The fraction of sp³-hybridized carbons (Fsp3) is 0.458. The molecule has 0 bridgehead atoms. The van der Waals surface area contributed by atoms with Crippen molar-refractivity contribution in [3.8, 4) is 0 Å². The second kappa shape index (κ2) is 11.6. The number of amides is 3. The van der Waals surface area contributed by atoms with Crippen LogP contribution in [0.3, 0.4) is 0 Å². The number of rotatable bonds is 9. The number of benzene rings is 1. The van der Waals surface area contributed by atoms with Crippen LogP contribution in [0.15, 0.2) is 47.8 Å². The maximum atomic E-state index is 12.8. The molecule has 2 N–H and O–H groups in total. The van der Waals surface area contributed by atoms with Crippen LogP contribution in [0.25, 0.3) is 0 Å². The van der Waals surface area contributed by atoms with E-state index in [2.05, 4.69) is 10.6 Å². The van der Waals surface area contributed by atoms with Gasteiger partial charge in [-0.05, 0) is 48.6 Å². The van der Waals surface area contributed by atoms with Crippen molar-refractivity contribution in [2.75, 3.05) is 19.6 Å². The molecule has 0 spiro atoms. The SMILES string of the molecule is CCCNC(=O)[C@H](NC(=O)c1cccs1)C1CCN(C(=O)CCc2ccccc2)CC1. The zero-order chi connectivity index (χ0) is 22.1. The second-order valence-corrected chi connectivity index (χ2v) is 8.87. The molecular weight excluding hydrogens is 410 g/mol. The lowest BCUT2D eigenvalue weighted by molar-refractivity contribution is -0.133. The molecule has 0 unspecified atom stereocenters. The third-order valence-corrected chi connectivity index (χ3v) is 6.57. The van der Waals surface area contributed by atoms with Gasteiger partial charge in [0.15, 0.2) is 0 Å². The molecule has 0 aliphatic carbocycles. The smallest absolute Gasteiger partial charge is 0.262 e. The van der Waals surface area contributed by atoms with Gasteiger partial charge in [-0.25, -0.2) is 0 Å². The summed E-state index contributed by atoms with van der Waals surface area (Å²) in [7, 11) is 0. The Morgan fingerprint density at radius 2 is 1.84 bits per heavy atom. The van der Waals surface area contributed by atoms with Gasteiger partial charge >= 0.3 is 0 Å². The van der Waals surface area contributed by atoms with Crippen molar-refractivity contribution in [2.24, 2.45) is 5.92 Å². The minimum Gasteiger partial charge on any atom is -0.354 e. The molecule has 31 heavy (non-hydrogen) atoms. The van der Waals surface area contributed by atoms with E-state index in [0.717, 1.165) is 18.4 Å². The summed E-state index contributed by atoms with van der Waals surface area (Å²) in [5, 5.41) is 7.71. The molecule has 1 fully saturated rings. The van der Waals surface area contributed by atoms with Gasteiger partial charge in [-0.2, -0.15) is 0 Å². The average molecular weight is 442 g/mol. The number of carbonyl (C=O) groups excluding carboxylic acids is 3. The van der Waals surface area contributed by atoms with Crippen LogP contribution in [0, 0.1) is 5.92 Å². The number of hydrogen-bond donors (Lipinski definition) is 2. The Balaban J connectivity index is 1.55. The molecule has 166 valence electrons. The summed E-state index contributed by atoms with van der Waals surface area (Å²) in [4.78, 5) is 40.5. The highest BCUT2D eigenvalue weighted by Crippen LogP contribution is 2.23. The van der Waals surface area contributed by atoms with E-state index in [0.29, 0.717) is 43.8 Å². The van der Waals surface area contributed by atoms with E-state index in [4.69, 9.17) is 0 Å². The molecule has 0 saturated carbocycles. The van der Waals surface area contributed by atoms with Crippen LogP contribution in [0.1, 0.15) is 47.8 Å². The molecule has 3 amide bonds. The van der Waals surface area contributed by atoms with Gasteiger partial charge in [-0.1, -0.05) is 43.3 Å². The average Bonchev–Trinajstić information content (AvgIpc) is 3.35. The zero-order valence-corrected chi connectivity index (χ0v) is 18.8. The van der Waals surface area contributed by atoms with E-state index in [1.165, 1.54) is 11.3 Å². The van der Waals surface area contributed by atoms with Crippen LogP contribution in [0.4, 0.5) is 0 Å². The molecule has 1 atom stereocenters. The van der Waals surface area contributed by atoms with Gasteiger partial charge in [0, 0.05) is 26.1 Å². The number of nitrogens with one attached hydrogen (secondary N) is 2. The fourth-order valence-electron chi connectivity index (χ4n) is 3.91. The molecule has 7 heteroatoms. The highest BCUT2D eigenvalue weighted by atomic mass is 32.1. The molecule has 1 aliphatic heterocycles. The van der Waals surface area contributed by atoms with Gasteiger partial charge in [0.2, 0.25) is 11.8 Å². The van der Waals surface area contributed by atoms with Crippen molar-refractivity contribution in [3.05, 3.63) is 58.3 Å². The summed E-state index contributed by atoms with van der Waals surface area (Å²) in [6, 6.07) is 13.0. The Hall–Kier alpha value is -2.67. The first-order valence-electron chi connectivity index (χ1n) is 11.0. The minimum atomic E-state index is -0.581. The van der Waals surface area contributed by atoms with Gasteiger partial charge in [-0.15, -0.1) is 11.3 Å². The number of piperidine rings is 1. The first-order valence-corrected chi connectivity index (χ1v) is 11.9.